The maximum absolute atomic E-state index is 11.8. The van der Waals surface area contributed by atoms with E-state index in [1.807, 2.05) is 24.3 Å². The third-order valence-electron chi connectivity index (χ3n) is 2.95. The summed E-state index contributed by atoms with van der Waals surface area (Å²) in [6, 6.07) is 7.39. The summed E-state index contributed by atoms with van der Waals surface area (Å²) in [6.45, 7) is 4.69. The number of hydrogen-bond donors (Lipinski definition) is 2. The number of nitrogens with two attached hydrogens (primary N) is 1. The van der Waals surface area contributed by atoms with Crippen LogP contribution in [-0.2, 0) is 11.2 Å². The van der Waals surface area contributed by atoms with Gasteiger partial charge in [-0.25, -0.2) is 0 Å². The van der Waals surface area contributed by atoms with Crippen LogP contribution in [0.3, 0.4) is 0 Å². The molecule has 4 nitrogen and oxygen atoms in total. The molecule has 0 spiro atoms. The number of benzene rings is 1. The van der Waals surface area contributed by atoms with Gasteiger partial charge in [-0.1, -0.05) is 32.0 Å². The zero-order chi connectivity index (χ0) is 14.3. The van der Waals surface area contributed by atoms with Gasteiger partial charge in [0.2, 0.25) is 5.91 Å². The van der Waals surface area contributed by atoms with Crippen molar-refractivity contribution >= 4 is 18.3 Å². The van der Waals surface area contributed by atoms with Gasteiger partial charge in [0.15, 0.2) is 0 Å². The lowest BCUT2D eigenvalue weighted by molar-refractivity contribution is -0.122. The van der Waals surface area contributed by atoms with E-state index in [4.69, 9.17) is 10.5 Å². The molecule has 1 aromatic carbocycles. The van der Waals surface area contributed by atoms with Crippen molar-refractivity contribution in [3.63, 3.8) is 0 Å². The fourth-order valence-electron chi connectivity index (χ4n) is 1.98. The molecule has 114 valence electrons. The van der Waals surface area contributed by atoms with Crippen molar-refractivity contribution in [2.75, 3.05) is 13.7 Å². The first-order chi connectivity index (χ1) is 9.04. The van der Waals surface area contributed by atoms with E-state index in [0.717, 1.165) is 17.7 Å². The van der Waals surface area contributed by atoms with Crippen LogP contribution < -0.4 is 15.8 Å². The Morgan fingerprint density at radius 3 is 2.60 bits per heavy atom. The van der Waals surface area contributed by atoms with Crippen LogP contribution in [0.4, 0.5) is 0 Å². The predicted molar refractivity (Wildman–Crippen MR) is 84.4 cm³/mol. The van der Waals surface area contributed by atoms with E-state index in [9.17, 15) is 4.79 Å². The Balaban J connectivity index is 0.00000361. The van der Waals surface area contributed by atoms with Gasteiger partial charge in [-0.15, -0.1) is 12.4 Å². The third-order valence-corrected chi connectivity index (χ3v) is 2.95. The first-order valence-electron chi connectivity index (χ1n) is 6.69. The Bertz CT molecular complexity index is 411. The molecule has 0 aliphatic rings. The minimum absolute atomic E-state index is 0. The van der Waals surface area contributed by atoms with Crippen LogP contribution in [0.1, 0.15) is 25.8 Å². The van der Waals surface area contributed by atoms with Gasteiger partial charge < -0.3 is 15.8 Å². The number of nitrogens with one attached hydrogen (secondary N) is 1. The van der Waals surface area contributed by atoms with Crippen LogP contribution in [0.15, 0.2) is 24.3 Å². The van der Waals surface area contributed by atoms with E-state index in [2.05, 4.69) is 19.2 Å². The molecule has 0 aliphatic carbocycles. The van der Waals surface area contributed by atoms with E-state index in [1.165, 1.54) is 0 Å². The van der Waals surface area contributed by atoms with Crippen LogP contribution in [0.5, 0.6) is 5.75 Å². The number of para-hydroxylation sites is 1. The molecule has 1 aromatic rings. The molecule has 1 rings (SSSR count). The number of hydrogen-bond acceptors (Lipinski definition) is 3. The Morgan fingerprint density at radius 1 is 1.35 bits per heavy atom. The largest absolute Gasteiger partial charge is 0.496 e. The molecular weight excluding hydrogens is 276 g/mol. The Kier molecular flexibility index (Phi) is 9.01. The second-order valence-electron chi connectivity index (χ2n) is 5.09. The van der Waals surface area contributed by atoms with Crippen molar-refractivity contribution in [3.05, 3.63) is 29.8 Å². The normalized spacial score (nSPS) is 11.7. The van der Waals surface area contributed by atoms with Gasteiger partial charge in [0, 0.05) is 6.54 Å². The second kappa shape index (κ2) is 9.61. The number of ether oxygens (including phenoxy) is 1. The van der Waals surface area contributed by atoms with Gasteiger partial charge in [-0.3, -0.25) is 4.79 Å². The number of carbonyl (C=O) groups is 1. The summed E-state index contributed by atoms with van der Waals surface area (Å²) in [6.07, 6.45) is 1.45. The van der Waals surface area contributed by atoms with Crippen LogP contribution in [-0.4, -0.2) is 25.6 Å². The van der Waals surface area contributed by atoms with E-state index in [-0.39, 0.29) is 18.3 Å². The monoisotopic (exact) mass is 300 g/mol. The standard InChI is InChI=1S/C15H24N2O2.ClH/c1-11(2)10-13(16)15(18)17-9-8-12-6-4-5-7-14(12)19-3;/h4-7,11,13H,8-10,16H2,1-3H3,(H,17,18);1H/t13-;/m0./s1. The first kappa shape index (κ1) is 18.7. The predicted octanol–water partition coefficient (Wildman–Crippen LogP) is 2.15. The maximum Gasteiger partial charge on any atom is 0.236 e. The highest BCUT2D eigenvalue weighted by molar-refractivity contribution is 5.85. The lowest BCUT2D eigenvalue weighted by Gasteiger charge is -2.14. The molecule has 0 aromatic heterocycles. The van der Waals surface area contributed by atoms with Gasteiger partial charge in [0.1, 0.15) is 5.75 Å². The smallest absolute Gasteiger partial charge is 0.236 e. The molecular formula is C15H25ClN2O2. The molecule has 20 heavy (non-hydrogen) atoms. The summed E-state index contributed by atoms with van der Waals surface area (Å²) < 4.78 is 5.27. The summed E-state index contributed by atoms with van der Waals surface area (Å²) in [5.74, 6) is 1.20. The molecule has 3 N–H and O–H groups in total. The van der Waals surface area contributed by atoms with Crippen LogP contribution in [0, 0.1) is 5.92 Å². The molecule has 0 heterocycles. The second-order valence-corrected chi connectivity index (χ2v) is 5.09. The molecule has 0 saturated carbocycles. The van der Waals surface area contributed by atoms with Gasteiger partial charge in [0.05, 0.1) is 13.2 Å². The number of rotatable bonds is 7. The van der Waals surface area contributed by atoms with Crippen molar-refractivity contribution in [3.8, 4) is 5.75 Å². The van der Waals surface area contributed by atoms with E-state index >= 15 is 0 Å². The molecule has 0 saturated heterocycles. The summed E-state index contributed by atoms with van der Waals surface area (Å²) in [5.41, 5.74) is 6.90. The first-order valence-corrected chi connectivity index (χ1v) is 6.69. The molecule has 0 radical (unpaired) electrons. The molecule has 5 heteroatoms. The fourth-order valence-corrected chi connectivity index (χ4v) is 1.98. The lowest BCUT2D eigenvalue weighted by Crippen LogP contribution is -2.42. The van der Waals surface area contributed by atoms with Gasteiger partial charge >= 0.3 is 0 Å². The van der Waals surface area contributed by atoms with Crippen LogP contribution in [0.25, 0.3) is 0 Å². The van der Waals surface area contributed by atoms with Crippen molar-refractivity contribution < 1.29 is 9.53 Å². The molecule has 0 unspecified atom stereocenters. The number of methoxy groups -OCH3 is 1. The highest BCUT2D eigenvalue weighted by Gasteiger charge is 2.14. The van der Waals surface area contributed by atoms with E-state index in [1.54, 1.807) is 7.11 Å². The highest BCUT2D eigenvalue weighted by atomic mass is 35.5. The summed E-state index contributed by atoms with van der Waals surface area (Å²) >= 11 is 0. The molecule has 0 aliphatic heterocycles. The molecule has 1 atom stereocenters. The minimum atomic E-state index is -0.419. The van der Waals surface area contributed by atoms with Gasteiger partial charge in [-0.2, -0.15) is 0 Å². The number of halogens is 1. The summed E-state index contributed by atoms with van der Waals surface area (Å²) in [7, 11) is 1.65. The Morgan fingerprint density at radius 2 is 2.00 bits per heavy atom. The highest BCUT2D eigenvalue weighted by Crippen LogP contribution is 2.17. The average molecular weight is 301 g/mol. The SMILES string of the molecule is COc1ccccc1CCNC(=O)[C@@H](N)CC(C)C.Cl. The van der Waals surface area contributed by atoms with E-state index < -0.39 is 6.04 Å². The quantitative estimate of drug-likeness (QED) is 0.811. The zero-order valence-corrected chi connectivity index (χ0v) is 13.2. The summed E-state index contributed by atoms with van der Waals surface area (Å²) in [4.78, 5) is 11.8. The third kappa shape index (κ3) is 6.26. The van der Waals surface area contributed by atoms with Gasteiger partial charge in [-0.05, 0) is 30.4 Å². The lowest BCUT2D eigenvalue weighted by atomic mass is 10.0. The molecule has 0 bridgehead atoms. The molecule has 1 amide bonds. The minimum Gasteiger partial charge on any atom is -0.496 e. The Hall–Kier alpha value is -1.26. The van der Waals surface area contributed by atoms with Crippen molar-refractivity contribution in [1.82, 2.24) is 5.32 Å². The van der Waals surface area contributed by atoms with Crippen molar-refractivity contribution in [2.45, 2.75) is 32.7 Å². The van der Waals surface area contributed by atoms with Crippen molar-refractivity contribution in [2.24, 2.45) is 11.7 Å². The maximum atomic E-state index is 11.8. The Labute approximate surface area is 127 Å². The van der Waals surface area contributed by atoms with Crippen molar-refractivity contribution in [1.29, 1.82) is 0 Å². The number of amides is 1. The van der Waals surface area contributed by atoms with Crippen LogP contribution >= 0.6 is 12.4 Å². The average Bonchev–Trinajstić information content (AvgIpc) is 2.38. The van der Waals surface area contributed by atoms with E-state index in [0.29, 0.717) is 18.9 Å². The van der Waals surface area contributed by atoms with Gasteiger partial charge in [0.25, 0.3) is 0 Å². The number of carbonyl (C=O) groups excluding carboxylic acids is 1. The van der Waals surface area contributed by atoms with Crippen LogP contribution in [0.2, 0.25) is 0 Å². The zero-order valence-electron chi connectivity index (χ0n) is 12.4. The molecule has 0 fully saturated rings. The fraction of sp³-hybridized carbons (Fsp3) is 0.533. The summed E-state index contributed by atoms with van der Waals surface area (Å²) in [5, 5.41) is 2.87. The topological polar surface area (TPSA) is 64.3 Å².